The van der Waals surface area contributed by atoms with E-state index in [0.717, 1.165) is 35.8 Å². The zero-order valence-corrected chi connectivity index (χ0v) is 18.1. The van der Waals surface area contributed by atoms with Crippen LogP contribution in [-0.2, 0) is 12.0 Å². The summed E-state index contributed by atoms with van der Waals surface area (Å²) in [4.78, 5) is 8.98. The molecule has 0 aliphatic rings. The number of halogens is 1. The Balaban J connectivity index is 0.00000312. The number of benzene rings is 1. The molecule has 2 aromatic rings. The van der Waals surface area contributed by atoms with Crippen molar-refractivity contribution in [2.75, 3.05) is 19.6 Å². The minimum absolute atomic E-state index is 0. The fourth-order valence-electron chi connectivity index (χ4n) is 2.30. The van der Waals surface area contributed by atoms with Gasteiger partial charge in [0.05, 0.1) is 17.2 Å². The second-order valence-corrected chi connectivity index (χ2v) is 6.93. The van der Waals surface area contributed by atoms with Crippen LogP contribution in [-0.4, -0.2) is 35.7 Å². The van der Waals surface area contributed by atoms with Crippen LogP contribution in [0.2, 0.25) is 0 Å². The number of aliphatic imine (C=N–C) groups is 1. The second kappa shape index (κ2) is 10.7. The van der Waals surface area contributed by atoms with E-state index in [1.165, 1.54) is 0 Å². The first kappa shape index (κ1) is 21.9. The zero-order valence-electron chi connectivity index (χ0n) is 15.0. The summed E-state index contributed by atoms with van der Waals surface area (Å²) in [6, 6.07) is 9.62. The van der Waals surface area contributed by atoms with Gasteiger partial charge in [0.15, 0.2) is 5.96 Å². The maximum Gasteiger partial charge on any atom is 0.191 e. The average Bonchev–Trinajstić information content (AvgIpc) is 2.99. The summed E-state index contributed by atoms with van der Waals surface area (Å²) < 4.78 is 0. The Morgan fingerprint density at radius 2 is 2.00 bits per heavy atom. The Labute approximate surface area is 171 Å². The Hall–Kier alpha value is -1.19. The number of aromatic nitrogens is 1. The highest BCUT2D eigenvalue weighted by molar-refractivity contribution is 14.0. The molecular weight excluding hydrogens is 447 g/mol. The maximum atomic E-state index is 10.6. The summed E-state index contributed by atoms with van der Waals surface area (Å²) in [7, 11) is 0. The highest BCUT2D eigenvalue weighted by Gasteiger charge is 2.22. The standard InChI is InChI=1S/C18H26N4OS.HI/c1-4-19-17(20-11-10-16-12-24-14(2)22-16)21-13-18(3,23)15-8-6-5-7-9-15;/h5-9,12,23H,4,10-11,13H2,1-3H3,(H2,19,20,21);1H. The zero-order chi connectivity index (χ0) is 17.4. The third-order valence-electron chi connectivity index (χ3n) is 3.63. The molecule has 1 unspecified atom stereocenters. The molecule has 5 nitrogen and oxygen atoms in total. The summed E-state index contributed by atoms with van der Waals surface area (Å²) in [6.45, 7) is 7.64. The number of aryl methyl sites for hydroxylation is 1. The van der Waals surface area contributed by atoms with Gasteiger partial charge in [0.25, 0.3) is 0 Å². The normalized spacial score (nSPS) is 13.7. The fraction of sp³-hybridized carbons (Fsp3) is 0.444. The third kappa shape index (κ3) is 7.29. The van der Waals surface area contributed by atoms with Crippen molar-refractivity contribution in [2.45, 2.75) is 32.8 Å². The Kier molecular flexibility index (Phi) is 9.37. The lowest BCUT2D eigenvalue weighted by Gasteiger charge is -2.22. The number of guanidine groups is 1. The van der Waals surface area contributed by atoms with Gasteiger partial charge >= 0.3 is 0 Å². The summed E-state index contributed by atoms with van der Waals surface area (Å²) in [5, 5.41) is 20.3. The molecule has 2 rings (SSSR count). The first-order valence-corrected chi connectivity index (χ1v) is 9.10. The van der Waals surface area contributed by atoms with Crippen LogP contribution in [0, 0.1) is 6.92 Å². The molecule has 138 valence electrons. The first-order chi connectivity index (χ1) is 11.5. The van der Waals surface area contributed by atoms with Gasteiger partial charge in [0.2, 0.25) is 0 Å². The van der Waals surface area contributed by atoms with Crippen LogP contribution in [0.25, 0.3) is 0 Å². The van der Waals surface area contributed by atoms with Crippen LogP contribution in [0.3, 0.4) is 0 Å². The van der Waals surface area contributed by atoms with Crippen molar-refractivity contribution in [3.63, 3.8) is 0 Å². The van der Waals surface area contributed by atoms with Gasteiger partial charge in [-0.3, -0.25) is 0 Å². The van der Waals surface area contributed by atoms with E-state index < -0.39 is 5.60 Å². The van der Waals surface area contributed by atoms with Crippen LogP contribution in [0.4, 0.5) is 0 Å². The van der Waals surface area contributed by atoms with Gasteiger partial charge < -0.3 is 15.7 Å². The van der Waals surface area contributed by atoms with E-state index in [9.17, 15) is 5.11 Å². The van der Waals surface area contributed by atoms with Crippen molar-refractivity contribution in [3.8, 4) is 0 Å². The Morgan fingerprint density at radius 1 is 1.28 bits per heavy atom. The third-order valence-corrected chi connectivity index (χ3v) is 4.45. The summed E-state index contributed by atoms with van der Waals surface area (Å²) in [5.41, 5.74) is 0.968. The van der Waals surface area contributed by atoms with E-state index >= 15 is 0 Å². The van der Waals surface area contributed by atoms with E-state index in [1.54, 1.807) is 18.3 Å². The average molecular weight is 474 g/mol. The summed E-state index contributed by atoms with van der Waals surface area (Å²) >= 11 is 1.67. The lowest BCUT2D eigenvalue weighted by Crippen LogP contribution is -2.39. The molecule has 0 fully saturated rings. The van der Waals surface area contributed by atoms with E-state index in [-0.39, 0.29) is 24.0 Å². The highest BCUT2D eigenvalue weighted by atomic mass is 127. The van der Waals surface area contributed by atoms with Crippen LogP contribution in [0.1, 0.15) is 30.1 Å². The highest BCUT2D eigenvalue weighted by Crippen LogP contribution is 2.20. The van der Waals surface area contributed by atoms with Crippen molar-refractivity contribution in [1.29, 1.82) is 0 Å². The van der Waals surface area contributed by atoms with Crippen molar-refractivity contribution in [1.82, 2.24) is 15.6 Å². The molecule has 0 spiro atoms. The molecule has 25 heavy (non-hydrogen) atoms. The molecule has 0 aliphatic heterocycles. The van der Waals surface area contributed by atoms with Gasteiger partial charge in [0, 0.05) is 24.9 Å². The molecule has 7 heteroatoms. The number of aliphatic hydroxyl groups is 1. The van der Waals surface area contributed by atoms with Gasteiger partial charge in [-0.15, -0.1) is 35.3 Å². The number of nitrogens with zero attached hydrogens (tertiary/aromatic N) is 2. The number of hydrogen-bond acceptors (Lipinski definition) is 4. The lowest BCUT2D eigenvalue weighted by atomic mass is 9.96. The van der Waals surface area contributed by atoms with Crippen molar-refractivity contribution in [2.24, 2.45) is 4.99 Å². The molecule has 0 saturated carbocycles. The van der Waals surface area contributed by atoms with Crippen LogP contribution < -0.4 is 10.6 Å². The Bertz CT molecular complexity index is 658. The molecule has 3 N–H and O–H groups in total. The lowest BCUT2D eigenvalue weighted by molar-refractivity contribution is 0.0672. The van der Waals surface area contributed by atoms with Gasteiger partial charge in [-0.25, -0.2) is 9.98 Å². The molecule has 0 radical (unpaired) electrons. The van der Waals surface area contributed by atoms with E-state index in [2.05, 4.69) is 26.0 Å². The van der Waals surface area contributed by atoms with Crippen molar-refractivity contribution >= 4 is 41.3 Å². The minimum Gasteiger partial charge on any atom is -0.384 e. The first-order valence-electron chi connectivity index (χ1n) is 8.22. The quantitative estimate of drug-likeness (QED) is 0.328. The molecule has 0 aliphatic carbocycles. The predicted octanol–water partition coefficient (Wildman–Crippen LogP) is 3.07. The summed E-state index contributed by atoms with van der Waals surface area (Å²) in [5.74, 6) is 0.709. The van der Waals surface area contributed by atoms with Crippen LogP contribution in [0.15, 0.2) is 40.7 Å². The molecule has 1 atom stereocenters. The fourth-order valence-corrected chi connectivity index (χ4v) is 2.94. The Morgan fingerprint density at radius 3 is 2.60 bits per heavy atom. The van der Waals surface area contributed by atoms with Crippen LogP contribution >= 0.6 is 35.3 Å². The molecule has 1 aromatic heterocycles. The van der Waals surface area contributed by atoms with Gasteiger partial charge in [-0.2, -0.15) is 0 Å². The van der Waals surface area contributed by atoms with Crippen molar-refractivity contribution in [3.05, 3.63) is 52.0 Å². The number of rotatable bonds is 7. The summed E-state index contributed by atoms with van der Waals surface area (Å²) in [6.07, 6.45) is 0.851. The van der Waals surface area contributed by atoms with Gasteiger partial charge in [-0.1, -0.05) is 30.3 Å². The minimum atomic E-state index is -0.990. The monoisotopic (exact) mass is 474 g/mol. The largest absolute Gasteiger partial charge is 0.384 e. The maximum absolute atomic E-state index is 10.6. The number of hydrogen-bond donors (Lipinski definition) is 3. The smallest absolute Gasteiger partial charge is 0.191 e. The molecule has 1 aromatic carbocycles. The molecule has 0 bridgehead atoms. The van der Waals surface area contributed by atoms with E-state index in [1.807, 2.05) is 44.2 Å². The molecule has 0 saturated heterocycles. The number of nitrogens with one attached hydrogen (secondary N) is 2. The second-order valence-electron chi connectivity index (χ2n) is 5.87. The molecule has 1 heterocycles. The van der Waals surface area contributed by atoms with Gasteiger partial charge in [-0.05, 0) is 26.3 Å². The number of thiazole rings is 1. The topological polar surface area (TPSA) is 69.5 Å². The van der Waals surface area contributed by atoms with E-state index in [4.69, 9.17) is 0 Å². The molecular formula is C18H27IN4OS. The SMILES string of the molecule is CCNC(=NCC(C)(O)c1ccccc1)NCCc1csc(C)n1.I. The predicted molar refractivity (Wildman–Crippen MR) is 116 cm³/mol. The van der Waals surface area contributed by atoms with Crippen LogP contribution in [0.5, 0.6) is 0 Å². The van der Waals surface area contributed by atoms with Crippen molar-refractivity contribution < 1.29 is 5.11 Å². The molecule has 0 amide bonds. The van der Waals surface area contributed by atoms with E-state index in [0.29, 0.717) is 12.5 Å². The van der Waals surface area contributed by atoms with Gasteiger partial charge in [0.1, 0.15) is 5.60 Å².